The monoisotopic (exact) mass is 348 g/mol. The minimum Gasteiger partial charge on any atom is -0.478 e. The van der Waals surface area contributed by atoms with Crippen LogP contribution in [-0.4, -0.2) is 17.0 Å². The molecular formula is C15H13BrN2O3. The summed E-state index contributed by atoms with van der Waals surface area (Å²) in [5, 5.41) is 11.8. The number of nitrogens with one attached hydrogen (secondary N) is 1. The number of halogens is 1. The number of aryl methyl sites for hydroxylation is 1. The van der Waals surface area contributed by atoms with Crippen LogP contribution in [0.4, 0.5) is 11.4 Å². The highest BCUT2D eigenvalue weighted by atomic mass is 79.9. The lowest BCUT2D eigenvalue weighted by atomic mass is 10.1. The second-order valence-electron chi connectivity index (χ2n) is 4.54. The van der Waals surface area contributed by atoms with Gasteiger partial charge in [0.2, 0.25) is 0 Å². The van der Waals surface area contributed by atoms with Gasteiger partial charge < -0.3 is 16.2 Å². The maximum atomic E-state index is 12.3. The zero-order valence-corrected chi connectivity index (χ0v) is 12.8. The van der Waals surface area contributed by atoms with Gasteiger partial charge in [0.25, 0.3) is 5.91 Å². The number of amides is 1. The highest BCUT2D eigenvalue weighted by Crippen LogP contribution is 2.23. The third-order valence-electron chi connectivity index (χ3n) is 2.91. The largest absolute Gasteiger partial charge is 0.478 e. The van der Waals surface area contributed by atoms with Crippen LogP contribution >= 0.6 is 15.9 Å². The fourth-order valence-electron chi connectivity index (χ4n) is 1.86. The van der Waals surface area contributed by atoms with Gasteiger partial charge in [-0.3, -0.25) is 4.79 Å². The lowest BCUT2D eigenvalue weighted by Gasteiger charge is -2.11. The average molecular weight is 349 g/mol. The number of rotatable bonds is 3. The Morgan fingerprint density at radius 2 is 1.86 bits per heavy atom. The first-order valence-electron chi connectivity index (χ1n) is 6.09. The van der Waals surface area contributed by atoms with E-state index in [9.17, 15) is 14.7 Å². The molecule has 0 spiro atoms. The third-order valence-corrected chi connectivity index (χ3v) is 3.41. The van der Waals surface area contributed by atoms with Crippen molar-refractivity contribution < 1.29 is 14.7 Å². The van der Waals surface area contributed by atoms with Crippen LogP contribution in [0.3, 0.4) is 0 Å². The van der Waals surface area contributed by atoms with Crippen molar-refractivity contribution in [2.75, 3.05) is 11.1 Å². The van der Waals surface area contributed by atoms with Gasteiger partial charge >= 0.3 is 5.97 Å². The van der Waals surface area contributed by atoms with E-state index in [1.807, 2.05) is 6.92 Å². The Labute approximate surface area is 129 Å². The first-order valence-corrected chi connectivity index (χ1v) is 6.88. The van der Waals surface area contributed by atoms with Gasteiger partial charge in [0.1, 0.15) is 0 Å². The van der Waals surface area contributed by atoms with Crippen LogP contribution in [0.2, 0.25) is 0 Å². The maximum absolute atomic E-state index is 12.3. The molecule has 4 N–H and O–H groups in total. The van der Waals surface area contributed by atoms with E-state index in [4.69, 9.17) is 5.73 Å². The molecule has 6 heteroatoms. The molecule has 1 amide bonds. The quantitative estimate of drug-likeness (QED) is 0.742. The average Bonchev–Trinajstić information content (AvgIpc) is 2.43. The molecule has 0 aliphatic carbocycles. The summed E-state index contributed by atoms with van der Waals surface area (Å²) in [6.45, 7) is 1.85. The van der Waals surface area contributed by atoms with Gasteiger partial charge in [-0.05, 0) is 37.3 Å². The summed E-state index contributed by atoms with van der Waals surface area (Å²) in [6, 6.07) is 9.71. The zero-order chi connectivity index (χ0) is 15.6. The van der Waals surface area contributed by atoms with E-state index in [0.717, 1.165) is 5.56 Å². The van der Waals surface area contributed by atoms with Crippen molar-refractivity contribution in [3.05, 3.63) is 57.6 Å². The van der Waals surface area contributed by atoms with Gasteiger partial charge in [-0.2, -0.15) is 0 Å². The van der Waals surface area contributed by atoms with E-state index in [-0.39, 0.29) is 11.3 Å². The van der Waals surface area contributed by atoms with Crippen molar-refractivity contribution in [1.29, 1.82) is 0 Å². The number of carboxylic acids is 1. The number of anilines is 2. The van der Waals surface area contributed by atoms with Crippen molar-refractivity contribution in [3.63, 3.8) is 0 Å². The fraction of sp³-hybridized carbons (Fsp3) is 0.0667. The van der Waals surface area contributed by atoms with E-state index in [2.05, 4.69) is 21.2 Å². The third kappa shape index (κ3) is 3.41. The Balaban J connectivity index is 2.36. The van der Waals surface area contributed by atoms with Gasteiger partial charge in [-0.1, -0.05) is 27.6 Å². The summed E-state index contributed by atoms with van der Waals surface area (Å²) < 4.78 is 0.618. The predicted molar refractivity (Wildman–Crippen MR) is 84.6 cm³/mol. The molecule has 21 heavy (non-hydrogen) atoms. The molecule has 0 fully saturated rings. The molecule has 0 unspecified atom stereocenters. The Morgan fingerprint density at radius 1 is 1.14 bits per heavy atom. The molecule has 0 atom stereocenters. The molecule has 0 saturated carbocycles. The van der Waals surface area contributed by atoms with Gasteiger partial charge in [-0.15, -0.1) is 0 Å². The molecule has 2 aromatic carbocycles. The van der Waals surface area contributed by atoms with Crippen LogP contribution in [0.5, 0.6) is 0 Å². The zero-order valence-electron chi connectivity index (χ0n) is 11.2. The first kappa shape index (κ1) is 15.1. The van der Waals surface area contributed by atoms with Crippen LogP contribution in [0, 0.1) is 6.92 Å². The minimum absolute atomic E-state index is 0.00366. The van der Waals surface area contributed by atoms with Gasteiger partial charge in [-0.25, -0.2) is 4.79 Å². The molecule has 0 aliphatic heterocycles. The Kier molecular flexibility index (Phi) is 4.28. The second kappa shape index (κ2) is 5.97. The summed E-state index contributed by atoms with van der Waals surface area (Å²) in [5.74, 6) is -1.56. The van der Waals surface area contributed by atoms with Crippen molar-refractivity contribution >= 4 is 39.2 Å². The van der Waals surface area contributed by atoms with Crippen molar-refractivity contribution in [2.24, 2.45) is 0 Å². The molecule has 0 aromatic heterocycles. The van der Waals surface area contributed by atoms with Crippen LogP contribution in [-0.2, 0) is 0 Å². The summed E-state index contributed by atoms with van der Waals surface area (Å²) in [4.78, 5) is 23.5. The molecule has 5 nitrogen and oxygen atoms in total. The Hall–Kier alpha value is -2.34. The number of aromatic carboxylic acids is 1. The second-order valence-corrected chi connectivity index (χ2v) is 5.46. The minimum atomic E-state index is -1.12. The maximum Gasteiger partial charge on any atom is 0.337 e. The number of carbonyl (C=O) groups excluding carboxylic acids is 1. The highest BCUT2D eigenvalue weighted by molar-refractivity contribution is 9.10. The molecule has 0 aliphatic rings. The summed E-state index contributed by atoms with van der Waals surface area (Å²) >= 11 is 3.20. The smallest absolute Gasteiger partial charge is 0.337 e. The Bertz CT molecular complexity index is 729. The number of nitrogen functional groups attached to an aromatic ring is 1. The number of nitrogens with two attached hydrogens (primary N) is 1. The van der Waals surface area contributed by atoms with Crippen molar-refractivity contribution in [1.82, 2.24) is 0 Å². The number of hydrogen-bond donors (Lipinski definition) is 3. The highest BCUT2D eigenvalue weighted by Gasteiger charge is 2.15. The molecule has 0 saturated heterocycles. The predicted octanol–water partition coefficient (Wildman–Crippen LogP) is 3.29. The van der Waals surface area contributed by atoms with Crippen LogP contribution in [0.15, 0.2) is 40.9 Å². The number of benzene rings is 2. The summed E-state index contributed by atoms with van der Waals surface area (Å²) in [5.41, 5.74) is 7.55. The fourth-order valence-corrected chi connectivity index (χ4v) is 2.22. The van der Waals surface area contributed by atoms with Crippen LogP contribution in [0.1, 0.15) is 26.3 Å². The molecular weight excluding hydrogens is 336 g/mol. The van der Waals surface area contributed by atoms with Gasteiger partial charge in [0.15, 0.2) is 0 Å². The molecule has 108 valence electrons. The SMILES string of the molecule is Cc1ccc(N)c(C(=O)Nc2ccc(Br)cc2C(=O)O)c1. The lowest BCUT2D eigenvalue weighted by Crippen LogP contribution is -2.16. The van der Waals surface area contributed by atoms with E-state index in [0.29, 0.717) is 15.7 Å². The Morgan fingerprint density at radius 3 is 2.52 bits per heavy atom. The molecule has 2 aromatic rings. The number of carboxylic acid groups (broad SMARTS) is 1. The van der Waals surface area contributed by atoms with E-state index >= 15 is 0 Å². The standard InChI is InChI=1S/C15H13BrN2O3/c1-8-2-4-12(17)10(6-8)14(19)18-13-5-3-9(16)7-11(13)15(20)21/h2-7H,17H2,1H3,(H,18,19)(H,20,21). The summed E-state index contributed by atoms with van der Waals surface area (Å²) in [6.07, 6.45) is 0. The molecule has 0 heterocycles. The van der Waals surface area contributed by atoms with E-state index in [1.165, 1.54) is 12.1 Å². The lowest BCUT2D eigenvalue weighted by molar-refractivity contribution is 0.0698. The normalized spacial score (nSPS) is 10.2. The van der Waals surface area contributed by atoms with Gasteiger partial charge in [0.05, 0.1) is 16.8 Å². The van der Waals surface area contributed by atoms with Crippen molar-refractivity contribution in [3.8, 4) is 0 Å². The molecule has 2 rings (SSSR count). The number of hydrogen-bond acceptors (Lipinski definition) is 3. The van der Waals surface area contributed by atoms with Crippen molar-refractivity contribution in [2.45, 2.75) is 6.92 Å². The topological polar surface area (TPSA) is 92.4 Å². The van der Waals surface area contributed by atoms with E-state index < -0.39 is 11.9 Å². The number of carbonyl (C=O) groups is 2. The van der Waals surface area contributed by atoms with Gasteiger partial charge in [0, 0.05) is 10.2 Å². The summed E-state index contributed by atoms with van der Waals surface area (Å²) in [7, 11) is 0. The molecule has 0 radical (unpaired) electrons. The van der Waals surface area contributed by atoms with Crippen LogP contribution < -0.4 is 11.1 Å². The van der Waals surface area contributed by atoms with Crippen LogP contribution in [0.25, 0.3) is 0 Å². The van der Waals surface area contributed by atoms with E-state index in [1.54, 1.807) is 24.3 Å². The molecule has 0 bridgehead atoms. The first-order chi connectivity index (χ1) is 9.88.